The smallest absolute Gasteiger partial charge is 0.322 e. The minimum Gasteiger partial charge on any atom is -0.486 e. The molecule has 1 aromatic carbocycles. The second kappa shape index (κ2) is 7.51. The highest BCUT2D eigenvalue weighted by Crippen LogP contribution is 2.37. The SMILES string of the molecule is O=C(Nc1cccc2c1OCCO2)N1CCCN(c2ccccn2)CC1. The van der Waals surface area contributed by atoms with Gasteiger partial charge in [0.25, 0.3) is 0 Å². The molecule has 0 spiro atoms. The highest BCUT2D eigenvalue weighted by atomic mass is 16.6. The van der Waals surface area contributed by atoms with Crippen LogP contribution in [0.3, 0.4) is 0 Å². The first kappa shape index (κ1) is 16.5. The van der Waals surface area contributed by atoms with E-state index in [4.69, 9.17) is 9.47 Å². The van der Waals surface area contributed by atoms with Crippen molar-refractivity contribution >= 4 is 17.5 Å². The van der Waals surface area contributed by atoms with Gasteiger partial charge in [0, 0.05) is 32.4 Å². The normalized spacial score (nSPS) is 16.8. The van der Waals surface area contributed by atoms with E-state index in [1.807, 2.05) is 41.3 Å². The van der Waals surface area contributed by atoms with Crippen molar-refractivity contribution in [3.05, 3.63) is 42.6 Å². The fourth-order valence-electron chi connectivity index (χ4n) is 3.26. The third-order valence-electron chi connectivity index (χ3n) is 4.56. The Morgan fingerprint density at radius 3 is 2.81 bits per heavy atom. The topological polar surface area (TPSA) is 66.9 Å². The minimum absolute atomic E-state index is 0.115. The van der Waals surface area contributed by atoms with E-state index < -0.39 is 0 Å². The molecule has 0 saturated carbocycles. The van der Waals surface area contributed by atoms with E-state index in [-0.39, 0.29) is 6.03 Å². The summed E-state index contributed by atoms with van der Waals surface area (Å²) in [6.07, 6.45) is 2.70. The number of nitrogens with one attached hydrogen (secondary N) is 1. The average Bonchev–Trinajstić information content (AvgIpc) is 2.95. The Bertz CT molecular complexity index is 769. The lowest BCUT2D eigenvalue weighted by Crippen LogP contribution is -2.38. The van der Waals surface area contributed by atoms with Crippen LogP contribution >= 0.6 is 0 Å². The molecule has 0 radical (unpaired) electrons. The lowest BCUT2D eigenvalue weighted by molar-refractivity contribution is 0.172. The molecule has 0 unspecified atom stereocenters. The van der Waals surface area contributed by atoms with Gasteiger partial charge in [0.1, 0.15) is 19.0 Å². The molecule has 2 aliphatic rings. The number of hydrogen-bond donors (Lipinski definition) is 1. The van der Waals surface area contributed by atoms with Gasteiger partial charge in [-0.1, -0.05) is 12.1 Å². The van der Waals surface area contributed by atoms with Gasteiger partial charge in [0.15, 0.2) is 11.5 Å². The van der Waals surface area contributed by atoms with Crippen LogP contribution < -0.4 is 19.7 Å². The number of para-hydroxylation sites is 1. The van der Waals surface area contributed by atoms with Crippen LogP contribution in [0.15, 0.2) is 42.6 Å². The van der Waals surface area contributed by atoms with Gasteiger partial charge < -0.3 is 24.6 Å². The van der Waals surface area contributed by atoms with Gasteiger partial charge >= 0.3 is 6.03 Å². The predicted molar refractivity (Wildman–Crippen MR) is 99.1 cm³/mol. The summed E-state index contributed by atoms with van der Waals surface area (Å²) in [4.78, 5) is 21.2. The monoisotopic (exact) mass is 354 g/mol. The zero-order chi connectivity index (χ0) is 17.8. The molecule has 1 saturated heterocycles. The fraction of sp³-hybridized carbons (Fsp3) is 0.368. The molecule has 4 rings (SSSR count). The van der Waals surface area contributed by atoms with Crippen molar-refractivity contribution in [2.75, 3.05) is 49.6 Å². The Labute approximate surface area is 152 Å². The number of carbonyl (C=O) groups excluding carboxylic acids is 1. The van der Waals surface area contributed by atoms with Crippen LogP contribution in [-0.4, -0.2) is 55.3 Å². The van der Waals surface area contributed by atoms with E-state index in [1.54, 1.807) is 6.20 Å². The summed E-state index contributed by atoms with van der Waals surface area (Å²) in [5.41, 5.74) is 0.651. The van der Waals surface area contributed by atoms with Crippen LogP contribution in [0.1, 0.15) is 6.42 Å². The molecule has 3 heterocycles. The number of nitrogens with zero attached hydrogens (tertiary/aromatic N) is 3. The van der Waals surface area contributed by atoms with Crippen LogP contribution in [0, 0.1) is 0 Å². The van der Waals surface area contributed by atoms with E-state index >= 15 is 0 Å². The van der Waals surface area contributed by atoms with E-state index in [2.05, 4.69) is 15.2 Å². The number of benzene rings is 1. The molecule has 2 aromatic rings. The number of aromatic nitrogens is 1. The van der Waals surface area contributed by atoms with Crippen molar-refractivity contribution in [1.29, 1.82) is 0 Å². The molecule has 2 aliphatic heterocycles. The molecule has 26 heavy (non-hydrogen) atoms. The second-order valence-corrected chi connectivity index (χ2v) is 6.28. The van der Waals surface area contributed by atoms with Crippen molar-refractivity contribution in [2.24, 2.45) is 0 Å². The van der Waals surface area contributed by atoms with Gasteiger partial charge in [0.05, 0.1) is 5.69 Å². The molecule has 7 heteroatoms. The number of anilines is 2. The highest BCUT2D eigenvalue weighted by molar-refractivity contribution is 5.91. The summed E-state index contributed by atoms with van der Waals surface area (Å²) >= 11 is 0. The van der Waals surface area contributed by atoms with Crippen molar-refractivity contribution in [3.63, 3.8) is 0 Å². The van der Waals surface area contributed by atoms with Crippen molar-refractivity contribution < 1.29 is 14.3 Å². The zero-order valence-electron chi connectivity index (χ0n) is 14.6. The van der Waals surface area contributed by atoms with Gasteiger partial charge in [-0.15, -0.1) is 0 Å². The molecule has 7 nitrogen and oxygen atoms in total. The lowest BCUT2D eigenvalue weighted by atomic mass is 10.2. The number of pyridine rings is 1. The Kier molecular flexibility index (Phi) is 4.77. The van der Waals surface area contributed by atoms with Crippen LogP contribution in [0.5, 0.6) is 11.5 Å². The average molecular weight is 354 g/mol. The van der Waals surface area contributed by atoms with Crippen LogP contribution in [0.4, 0.5) is 16.3 Å². The van der Waals surface area contributed by atoms with Crippen molar-refractivity contribution in [2.45, 2.75) is 6.42 Å². The van der Waals surface area contributed by atoms with Gasteiger partial charge in [-0.3, -0.25) is 0 Å². The van der Waals surface area contributed by atoms with E-state index in [9.17, 15) is 4.79 Å². The first-order valence-corrected chi connectivity index (χ1v) is 8.92. The number of fused-ring (bicyclic) bond motifs is 1. The molecule has 0 atom stereocenters. The summed E-state index contributed by atoms with van der Waals surface area (Å²) in [7, 11) is 0. The molecule has 136 valence electrons. The molecular formula is C19H22N4O3. The molecule has 0 aliphatic carbocycles. The quantitative estimate of drug-likeness (QED) is 0.898. The zero-order valence-corrected chi connectivity index (χ0v) is 14.6. The maximum absolute atomic E-state index is 12.7. The van der Waals surface area contributed by atoms with E-state index in [1.165, 1.54) is 0 Å². The number of ether oxygens (including phenoxy) is 2. The van der Waals surface area contributed by atoms with Crippen LogP contribution in [0.2, 0.25) is 0 Å². The minimum atomic E-state index is -0.115. The van der Waals surface area contributed by atoms with Crippen molar-refractivity contribution in [3.8, 4) is 11.5 Å². The second-order valence-electron chi connectivity index (χ2n) is 6.28. The first-order valence-electron chi connectivity index (χ1n) is 8.92. The van der Waals surface area contributed by atoms with Gasteiger partial charge in [-0.05, 0) is 30.7 Å². The van der Waals surface area contributed by atoms with Crippen LogP contribution in [-0.2, 0) is 0 Å². The Morgan fingerprint density at radius 2 is 1.92 bits per heavy atom. The molecule has 0 bridgehead atoms. The summed E-state index contributed by atoms with van der Waals surface area (Å²) in [5.74, 6) is 2.24. The number of amides is 2. The maximum atomic E-state index is 12.7. The molecule has 2 amide bonds. The Balaban J connectivity index is 1.41. The number of rotatable bonds is 2. The maximum Gasteiger partial charge on any atom is 0.322 e. The summed E-state index contributed by atoms with van der Waals surface area (Å²) < 4.78 is 11.2. The summed E-state index contributed by atoms with van der Waals surface area (Å²) in [5, 5.41) is 2.97. The third kappa shape index (κ3) is 3.51. The number of hydrogen-bond acceptors (Lipinski definition) is 5. The predicted octanol–water partition coefficient (Wildman–Crippen LogP) is 2.60. The first-order chi connectivity index (χ1) is 12.8. The van der Waals surface area contributed by atoms with E-state index in [0.717, 1.165) is 25.3 Å². The Hall–Kier alpha value is -2.96. The number of urea groups is 1. The largest absolute Gasteiger partial charge is 0.486 e. The summed E-state index contributed by atoms with van der Waals surface area (Å²) in [6.45, 7) is 4.02. The standard InChI is InChI=1S/C19H22N4O3/c24-19(21-15-5-3-6-16-18(15)26-14-13-25-16)23-10-4-9-22(11-12-23)17-7-1-2-8-20-17/h1-3,5-8H,4,9-14H2,(H,21,24). The molecular weight excluding hydrogens is 332 g/mol. The number of carbonyl (C=O) groups is 1. The fourth-order valence-corrected chi connectivity index (χ4v) is 3.26. The van der Waals surface area contributed by atoms with Gasteiger partial charge in [-0.2, -0.15) is 0 Å². The third-order valence-corrected chi connectivity index (χ3v) is 4.56. The van der Waals surface area contributed by atoms with Gasteiger partial charge in [0.2, 0.25) is 0 Å². The lowest BCUT2D eigenvalue weighted by Gasteiger charge is -2.25. The van der Waals surface area contributed by atoms with E-state index in [0.29, 0.717) is 43.5 Å². The Morgan fingerprint density at radius 1 is 1.00 bits per heavy atom. The molecule has 1 aromatic heterocycles. The van der Waals surface area contributed by atoms with Crippen LogP contribution in [0.25, 0.3) is 0 Å². The highest BCUT2D eigenvalue weighted by Gasteiger charge is 2.22. The van der Waals surface area contributed by atoms with Gasteiger partial charge in [-0.25, -0.2) is 9.78 Å². The molecule has 1 N–H and O–H groups in total. The van der Waals surface area contributed by atoms with Crippen molar-refractivity contribution in [1.82, 2.24) is 9.88 Å². The summed E-state index contributed by atoms with van der Waals surface area (Å²) in [6, 6.07) is 11.3. The molecule has 1 fully saturated rings.